The van der Waals surface area contributed by atoms with Crippen molar-refractivity contribution in [3.05, 3.63) is 10.6 Å². The van der Waals surface area contributed by atoms with Gasteiger partial charge in [-0.1, -0.05) is 39.5 Å². The molecule has 1 aliphatic carbocycles. The summed E-state index contributed by atoms with van der Waals surface area (Å²) in [4.78, 5) is 0. The fourth-order valence-corrected chi connectivity index (χ4v) is 2.95. The fourth-order valence-electron chi connectivity index (χ4n) is 2.73. The third kappa shape index (κ3) is 3.41. The molecule has 3 nitrogen and oxygen atoms in total. The third-order valence-electron chi connectivity index (χ3n) is 3.64. The van der Waals surface area contributed by atoms with Crippen LogP contribution in [-0.4, -0.2) is 14.8 Å². The van der Waals surface area contributed by atoms with Crippen LogP contribution in [0.5, 0.6) is 0 Å². The lowest BCUT2D eigenvalue weighted by Gasteiger charge is -2.11. The molecule has 0 unspecified atom stereocenters. The van der Waals surface area contributed by atoms with Gasteiger partial charge >= 0.3 is 0 Å². The summed E-state index contributed by atoms with van der Waals surface area (Å²) in [5, 5.41) is 7.31. The van der Waals surface area contributed by atoms with Crippen LogP contribution in [0, 0.1) is 16.6 Å². The molecule has 1 fully saturated rings. The Morgan fingerprint density at radius 1 is 1.41 bits per heavy atom. The van der Waals surface area contributed by atoms with E-state index >= 15 is 0 Å². The molecule has 0 spiro atoms. The first-order valence-corrected chi connectivity index (χ1v) is 7.21. The molecule has 0 saturated heterocycles. The van der Waals surface area contributed by atoms with Crippen molar-refractivity contribution in [1.82, 2.24) is 14.8 Å². The van der Waals surface area contributed by atoms with E-state index in [0.717, 1.165) is 29.5 Å². The molecule has 0 bridgehead atoms. The van der Waals surface area contributed by atoms with E-state index in [-0.39, 0.29) is 0 Å². The zero-order valence-corrected chi connectivity index (χ0v) is 11.7. The monoisotopic (exact) mass is 253 g/mol. The molecule has 1 N–H and O–H groups in total. The van der Waals surface area contributed by atoms with Crippen molar-refractivity contribution in [2.75, 3.05) is 0 Å². The van der Waals surface area contributed by atoms with Gasteiger partial charge in [-0.25, -0.2) is 0 Å². The molecule has 4 heteroatoms. The van der Waals surface area contributed by atoms with Gasteiger partial charge in [0.2, 0.25) is 0 Å². The van der Waals surface area contributed by atoms with Gasteiger partial charge in [-0.15, -0.1) is 0 Å². The Bertz CT molecular complexity index is 399. The molecule has 96 valence electrons. The van der Waals surface area contributed by atoms with E-state index in [1.165, 1.54) is 32.1 Å². The van der Waals surface area contributed by atoms with Crippen LogP contribution in [0.1, 0.15) is 51.8 Å². The summed E-state index contributed by atoms with van der Waals surface area (Å²) in [6, 6.07) is 0. The summed E-state index contributed by atoms with van der Waals surface area (Å²) in [6.07, 6.45) is 8.01. The predicted molar refractivity (Wildman–Crippen MR) is 72.5 cm³/mol. The van der Waals surface area contributed by atoms with Crippen molar-refractivity contribution in [3.63, 3.8) is 0 Å². The van der Waals surface area contributed by atoms with Gasteiger partial charge in [0.25, 0.3) is 0 Å². The molecular formula is C13H23N3S. The number of H-pyrrole nitrogens is 1. The van der Waals surface area contributed by atoms with Crippen molar-refractivity contribution < 1.29 is 0 Å². The van der Waals surface area contributed by atoms with Crippen molar-refractivity contribution in [3.8, 4) is 0 Å². The van der Waals surface area contributed by atoms with E-state index in [4.69, 9.17) is 12.2 Å². The number of aromatic nitrogens is 3. The highest BCUT2D eigenvalue weighted by atomic mass is 32.1. The first-order valence-electron chi connectivity index (χ1n) is 6.81. The molecule has 17 heavy (non-hydrogen) atoms. The van der Waals surface area contributed by atoms with Crippen LogP contribution in [0.3, 0.4) is 0 Å². The summed E-state index contributed by atoms with van der Waals surface area (Å²) in [5.41, 5.74) is 0. The number of aromatic amines is 1. The number of nitrogens with zero attached hydrogens (tertiary/aromatic N) is 2. The van der Waals surface area contributed by atoms with Crippen molar-refractivity contribution >= 4 is 12.2 Å². The molecule has 1 aromatic heterocycles. The SMILES string of the molecule is CC(C)Cn1c(CCC2CCCC2)n[nH]c1=S. The molecule has 1 saturated carbocycles. The Morgan fingerprint density at radius 3 is 2.76 bits per heavy atom. The Hall–Kier alpha value is -0.640. The van der Waals surface area contributed by atoms with E-state index in [0.29, 0.717) is 5.92 Å². The topological polar surface area (TPSA) is 33.6 Å². The van der Waals surface area contributed by atoms with Crippen LogP contribution in [0.4, 0.5) is 0 Å². The van der Waals surface area contributed by atoms with Gasteiger partial charge in [-0.05, 0) is 30.5 Å². The van der Waals surface area contributed by atoms with Gasteiger partial charge in [-0.3, -0.25) is 5.10 Å². The number of hydrogen-bond donors (Lipinski definition) is 1. The summed E-state index contributed by atoms with van der Waals surface area (Å²) in [5.74, 6) is 2.69. The lowest BCUT2D eigenvalue weighted by molar-refractivity contribution is 0.466. The average molecular weight is 253 g/mol. The third-order valence-corrected chi connectivity index (χ3v) is 3.95. The highest BCUT2D eigenvalue weighted by molar-refractivity contribution is 7.71. The van der Waals surface area contributed by atoms with Crippen LogP contribution in [0.15, 0.2) is 0 Å². The fraction of sp³-hybridized carbons (Fsp3) is 0.846. The Labute approximate surface area is 109 Å². The van der Waals surface area contributed by atoms with E-state index in [1.54, 1.807) is 0 Å². The van der Waals surface area contributed by atoms with Gasteiger partial charge in [-0.2, -0.15) is 5.10 Å². The van der Waals surface area contributed by atoms with E-state index in [1.807, 2.05) is 0 Å². The minimum absolute atomic E-state index is 0.615. The smallest absolute Gasteiger partial charge is 0.195 e. The quantitative estimate of drug-likeness (QED) is 0.811. The standard InChI is InChI=1S/C13H23N3S/c1-10(2)9-16-12(14-15-13(16)17)8-7-11-5-3-4-6-11/h10-11H,3-9H2,1-2H3,(H,15,17). The minimum atomic E-state index is 0.615. The maximum absolute atomic E-state index is 5.29. The van der Waals surface area contributed by atoms with E-state index in [9.17, 15) is 0 Å². The van der Waals surface area contributed by atoms with Gasteiger partial charge < -0.3 is 4.57 Å². The Morgan fingerprint density at radius 2 is 2.12 bits per heavy atom. The summed E-state index contributed by atoms with van der Waals surface area (Å²) < 4.78 is 2.95. The van der Waals surface area contributed by atoms with Crippen molar-refractivity contribution in [2.24, 2.45) is 11.8 Å². The average Bonchev–Trinajstić information content (AvgIpc) is 2.88. The van der Waals surface area contributed by atoms with Crippen molar-refractivity contribution in [2.45, 2.75) is 58.9 Å². The first kappa shape index (κ1) is 12.8. The minimum Gasteiger partial charge on any atom is -0.304 e. The van der Waals surface area contributed by atoms with Gasteiger partial charge in [0.15, 0.2) is 4.77 Å². The van der Waals surface area contributed by atoms with Gasteiger partial charge in [0.05, 0.1) is 0 Å². The molecule has 1 heterocycles. The number of nitrogens with one attached hydrogen (secondary N) is 1. The Kier molecular flexibility index (Phi) is 4.37. The Balaban J connectivity index is 1.97. The maximum Gasteiger partial charge on any atom is 0.195 e. The highest BCUT2D eigenvalue weighted by Crippen LogP contribution is 2.28. The predicted octanol–water partition coefficient (Wildman–Crippen LogP) is 3.72. The lowest BCUT2D eigenvalue weighted by atomic mass is 10.0. The normalized spacial score (nSPS) is 17.1. The van der Waals surface area contributed by atoms with Crippen LogP contribution >= 0.6 is 12.2 Å². The van der Waals surface area contributed by atoms with E-state index < -0.39 is 0 Å². The number of rotatable bonds is 5. The molecule has 2 rings (SSSR count). The van der Waals surface area contributed by atoms with Crippen LogP contribution < -0.4 is 0 Å². The van der Waals surface area contributed by atoms with Crippen LogP contribution in [0.2, 0.25) is 0 Å². The summed E-state index contributed by atoms with van der Waals surface area (Å²) in [7, 11) is 0. The molecule has 0 amide bonds. The molecule has 0 aliphatic heterocycles. The molecule has 0 aromatic carbocycles. The number of aryl methyl sites for hydroxylation is 1. The molecule has 0 atom stereocenters. The maximum atomic E-state index is 5.29. The molecule has 1 aliphatic rings. The van der Waals surface area contributed by atoms with Crippen molar-refractivity contribution in [1.29, 1.82) is 0 Å². The second-order valence-electron chi connectivity index (χ2n) is 5.64. The molecular weight excluding hydrogens is 230 g/mol. The van der Waals surface area contributed by atoms with E-state index in [2.05, 4.69) is 28.6 Å². The van der Waals surface area contributed by atoms with Crippen LogP contribution in [-0.2, 0) is 13.0 Å². The van der Waals surface area contributed by atoms with Gasteiger partial charge in [0, 0.05) is 13.0 Å². The zero-order valence-electron chi connectivity index (χ0n) is 10.9. The second kappa shape index (κ2) is 5.80. The lowest BCUT2D eigenvalue weighted by Crippen LogP contribution is -2.10. The van der Waals surface area contributed by atoms with Crippen LogP contribution in [0.25, 0.3) is 0 Å². The number of hydrogen-bond acceptors (Lipinski definition) is 2. The van der Waals surface area contributed by atoms with Gasteiger partial charge in [0.1, 0.15) is 5.82 Å². The largest absolute Gasteiger partial charge is 0.304 e. The molecule has 0 radical (unpaired) electrons. The first-order chi connectivity index (χ1) is 8.16. The summed E-state index contributed by atoms with van der Waals surface area (Å²) >= 11 is 5.29. The summed E-state index contributed by atoms with van der Waals surface area (Å²) in [6.45, 7) is 5.42. The molecule has 1 aromatic rings. The second-order valence-corrected chi connectivity index (χ2v) is 6.03. The zero-order chi connectivity index (χ0) is 12.3. The highest BCUT2D eigenvalue weighted by Gasteiger charge is 2.16.